The molecular weight excluding hydrogens is 306 g/mol. The number of nitrogens with zero attached hydrogens (tertiary/aromatic N) is 1. The lowest BCUT2D eigenvalue weighted by Gasteiger charge is -2.13. The molecule has 2 aromatic rings. The minimum absolute atomic E-state index is 0.258. The maximum Gasteiger partial charge on any atom is 0.320 e. The lowest BCUT2D eigenvalue weighted by Crippen LogP contribution is -2.34. The molecule has 5 heteroatoms. The first-order valence-corrected chi connectivity index (χ1v) is 8.36. The van der Waals surface area contributed by atoms with Gasteiger partial charge < -0.3 is 9.47 Å². The van der Waals surface area contributed by atoms with E-state index >= 15 is 0 Å². The smallest absolute Gasteiger partial charge is 0.320 e. The van der Waals surface area contributed by atoms with Crippen molar-refractivity contribution in [2.75, 3.05) is 13.2 Å². The van der Waals surface area contributed by atoms with Gasteiger partial charge in [-0.2, -0.15) is 0 Å². The van der Waals surface area contributed by atoms with Crippen molar-refractivity contribution in [1.82, 2.24) is 0 Å². The maximum atomic E-state index is 11.9. The Bertz CT molecular complexity index is 681. The Morgan fingerprint density at radius 1 is 1.00 bits per heavy atom. The van der Waals surface area contributed by atoms with E-state index in [0.717, 1.165) is 11.9 Å². The van der Waals surface area contributed by atoms with Gasteiger partial charge in [0.2, 0.25) is 0 Å². The molecule has 0 atom stereocenters. The highest BCUT2D eigenvalue weighted by molar-refractivity contribution is 5.94. The first-order valence-electron chi connectivity index (χ1n) is 8.36. The minimum Gasteiger partial charge on any atom is -0.465 e. The van der Waals surface area contributed by atoms with Crippen LogP contribution in [-0.4, -0.2) is 25.2 Å². The van der Waals surface area contributed by atoms with E-state index in [1.54, 1.807) is 13.8 Å². The maximum absolute atomic E-state index is 11.9. The zero-order valence-electron chi connectivity index (χ0n) is 14.2. The van der Waals surface area contributed by atoms with E-state index in [-0.39, 0.29) is 13.2 Å². The summed E-state index contributed by atoms with van der Waals surface area (Å²) in [4.78, 5) is 23.9. The van der Waals surface area contributed by atoms with Gasteiger partial charge in [0, 0.05) is 17.9 Å². The van der Waals surface area contributed by atoms with E-state index in [9.17, 15) is 9.59 Å². The van der Waals surface area contributed by atoms with E-state index in [0.29, 0.717) is 12.8 Å². The van der Waals surface area contributed by atoms with E-state index in [1.165, 1.54) is 5.39 Å². The van der Waals surface area contributed by atoms with Crippen LogP contribution in [0.5, 0.6) is 0 Å². The van der Waals surface area contributed by atoms with Crippen LogP contribution < -0.4 is 4.57 Å². The van der Waals surface area contributed by atoms with Crippen LogP contribution in [0.1, 0.15) is 26.7 Å². The summed E-state index contributed by atoms with van der Waals surface area (Å²) in [7, 11) is 0. The number of ether oxygens (including phenoxy) is 2. The number of hydrogen-bond donors (Lipinski definition) is 0. The second kappa shape index (κ2) is 9.01. The molecule has 0 amide bonds. The number of carbonyl (C=O) groups is 2. The summed E-state index contributed by atoms with van der Waals surface area (Å²) in [5.74, 6) is -1.84. The fraction of sp³-hybridized carbons (Fsp3) is 0.421. The van der Waals surface area contributed by atoms with E-state index in [1.807, 2.05) is 18.3 Å². The second-order valence-corrected chi connectivity index (χ2v) is 5.51. The minimum atomic E-state index is -0.842. The van der Waals surface area contributed by atoms with Gasteiger partial charge in [0.15, 0.2) is 18.3 Å². The Morgan fingerprint density at radius 2 is 1.62 bits per heavy atom. The van der Waals surface area contributed by atoms with Gasteiger partial charge in [-0.05, 0) is 31.7 Å². The molecule has 5 nitrogen and oxygen atoms in total. The third-order valence-electron chi connectivity index (χ3n) is 3.80. The van der Waals surface area contributed by atoms with Crippen molar-refractivity contribution < 1.29 is 23.6 Å². The molecule has 0 aliphatic heterocycles. The molecule has 24 heavy (non-hydrogen) atoms. The summed E-state index contributed by atoms with van der Waals surface area (Å²) >= 11 is 0. The fourth-order valence-corrected chi connectivity index (χ4v) is 2.61. The number of aromatic nitrogens is 1. The number of esters is 2. The van der Waals surface area contributed by atoms with Crippen molar-refractivity contribution in [3.05, 3.63) is 42.7 Å². The summed E-state index contributed by atoms with van der Waals surface area (Å²) < 4.78 is 12.0. The molecule has 1 heterocycles. The molecule has 0 fully saturated rings. The van der Waals surface area contributed by atoms with Crippen LogP contribution in [0.4, 0.5) is 0 Å². The average molecular weight is 330 g/mol. The Labute approximate surface area is 142 Å². The first kappa shape index (κ1) is 17.9. The van der Waals surface area contributed by atoms with Crippen LogP contribution in [0.3, 0.4) is 0 Å². The van der Waals surface area contributed by atoms with Crippen LogP contribution in [0.25, 0.3) is 10.8 Å². The predicted octanol–water partition coefficient (Wildman–Crippen LogP) is 2.65. The highest BCUT2D eigenvalue weighted by Gasteiger charge is 2.29. The Kier molecular flexibility index (Phi) is 6.73. The van der Waals surface area contributed by atoms with Crippen molar-refractivity contribution in [3.63, 3.8) is 0 Å². The Hall–Kier alpha value is -2.43. The van der Waals surface area contributed by atoms with Crippen molar-refractivity contribution in [2.45, 2.75) is 33.2 Å². The van der Waals surface area contributed by atoms with E-state index in [2.05, 4.69) is 29.0 Å². The van der Waals surface area contributed by atoms with Crippen LogP contribution in [0.2, 0.25) is 0 Å². The number of benzene rings is 1. The number of hydrogen-bond acceptors (Lipinski definition) is 4. The molecule has 2 rings (SSSR count). The molecule has 1 aromatic heterocycles. The summed E-state index contributed by atoms with van der Waals surface area (Å²) in [6, 6.07) is 10.2. The van der Waals surface area contributed by atoms with Crippen molar-refractivity contribution in [3.8, 4) is 0 Å². The number of fused-ring (bicyclic) bond motifs is 1. The van der Waals surface area contributed by atoms with Gasteiger partial charge in [0.1, 0.15) is 6.54 Å². The highest BCUT2D eigenvalue weighted by atomic mass is 16.6. The van der Waals surface area contributed by atoms with Crippen LogP contribution in [0.15, 0.2) is 42.7 Å². The second-order valence-electron chi connectivity index (χ2n) is 5.51. The van der Waals surface area contributed by atoms with Gasteiger partial charge in [-0.1, -0.05) is 18.2 Å². The first-order chi connectivity index (χ1) is 11.7. The summed E-state index contributed by atoms with van der Waals surface area (Å²) in [6.07, 6.45) is 5.17. The zero-order valence-corrected chi connectivity index (χ0v) is 14.2. The summed E-state index contributed by atoms with van der Waals surface area (Å²) in [5, 5.41) is 2.34. The predicted molar refractivity (Wildman–Crippen MR) is 90.1 cm³/mol. The molecule has 0 bridgehead atoms. The van der Waals surface area contributed by atoms with E-state index in [4.69, 9.17) is 9.47 Å². The van der Waals surface area contributed by atoms with Crippen molar-refractivity contribution >= 4 is 22.7 Å². The number of carbonyl (C=O) groups excluding carboxylic acids is 2. The molecule has 0 radical (unpaired) electrons. The molecule has 0 aliphatic rings. The highest BCUT2D eigenvalue weighted by Crippen LogP contribution is 2.13. The fourth-order valence-electron chi connectivity index (χ4n) is 2.61. The van der Waals surface area contributed by atoms with Crippen LogP contribution >= 0.6 is 0 Å². The molecule has 0 spiro atoms. The largest absolute Gasteiger partial charge is 0.465 e. The summed E-state index contributed by atoms with van der Waals surface area (Å²) in [5.41, 5.74) is 0. The molecule has 1 aromatic carbocycles. The lowest BCUT2D eigenvalue weighted by molar-refractivity contribution is -0.696. The van der Waals surface area contributed by atoms with Crippen molar-refractivity contribution in [1.29, 1.82) is 0 Å². The number of pyridine rings is 1. The molecule has 0 unspecified atom stereocenters. The van der Waals surface area contributed by atoms with Gasteiger partial charge in [-0.25, -0.2) is 4.57 Å². The molecule has 0 saturated heterocycles. The SMILES string of the molecule is CCOC(=O)C(CCC[n+]1ccc2ccccc2c1)C(=O)OCC. The normalized spacial score (nSPS) is 10.8. The van der Waals surface area contributed by atoms with Gasteiger partial charge in [0.05, 0.1) is 13.2 Å². The van der Waals surface area contributed by atoms with Gasteiger partial charge >= 0.3 is 11.9 Å². The Morgan fingerprint density at radius 3 is 2.25 bits per heavy atom. The molecule has 128 valence electrons. The lowest BCUT2D eigenvalue weighted by atomic mass is 10.0. The molecule has 0 aliphatic carbocycles. The average Bonchev–Trinajstić information content (AvgIpc) is 2.59. The third kappa shape index (κ3) is 4.78. The van der Waals surface area contributed by atoms with Gasteiger partial charge in [0.25, 0.3) is 0 Å². The van der Waals surface area contributed by atoms with E-state index < -0.39 is 17.9 Å². The third-order valence-corrected chi connectivity index (χ3v) is 3.80. The number of rotatable bonds is 8. The zero-order chi connectivity index (χ0) is 17.4. The molecular formula is C19H24NO4+. The summed E-state index contributed by atoms with van der Waals surface area (Å²) in [6.45, 7) is 4.69. The van der Waals surface area contributed by atoms with Crippen molar-refractivity contribution in [2.24, 2.45) is 5.92 Å². The standard InChI is InChI=1S/C19H24NO4/c1-3-23-18(21)17(19(22)24-4-2)10-7-12-20-13-11-15-8-5-6-9-16(15)14-20/h5-6,8-9,11,13-14,17H,3-4,7,10,12H2,1-2H3/q+1. The topological polar surface area (TPSA) is 56.5 Å². The quantitative estimate of drug-likeness (QED) is 0.424. The molecule has 0 N–H and O–H groups in total. The Balaban J connectivity index is 1.97. The number of aryl methyl sites for hydroxylation is 1. The van der Waals surface area contributed by atoms with Crippen LogP contribution in [0, 0.1) is 5.92 Å². The molecule has 0 saturated carbocycles. The monoisotopic (exact) mass is 330 g/mol. The van der Waals surface area contributed by atoms with Crippen LogP contribution in [-0.2, 0) is 25.6 Å². The van der Waals surface area contributed by atoms with Gasteiger partial charge in [-0.3, -0.25) is 9.59 Å². The van der Waals surface area contributed by atoms with Gasteiger partial charge in [-0.15, -0.1) is 0 Å².